The van der Waals surface area contributed by atoms with Crippen molar-refractivity contribution in [2.75, 3.05) is 18.5 Å². The molecule has 3 heteroatoms. The van der Waals surface area contributed by atoms with Crippen LogP contribution in [0.15, 0.2) is 18.2 Å². The molecular formula is C12H14N2O. The predicted octanol–water partition coefficient (Wildman–Crippen LogP) is 2.16. The molecule has 0 fully saturated rings. The molecule has 0 aliphatic rings. The van der Waals surface area contributed by atoms with E-state index in [1.165, 1.54) is 0 Å². The van der Waals surface area contributed by atoms with Crippen molar-refractivity contribution < 1.29 is 4.79 Å². The maximum Gasteiger partial charge on any atom is 0.150 e. The number of nitrogens with zero attached hydrogens (tertiary/aromatic N) is 2. The van der Waals surface area contributed by atoms with E-state index in [-0.39, 0.29) is 0 Å². The average molecular weight is 202 g/mol. The van der Waals surface area contributed by atoms with E-state index in [0.29, 0.717) is 18.5 Å². The van der Waals surface area contributed by atoms with Crippen LogP contribution in [0.2, 0.25) is 0 Å². The van der Waals surface area contributed by atoms with Crippen molar-refractivity contribution in [2.24, 2.45) is 0 Å². The van der Waals surface area contributed by atoms with E-state index in [9.17, 15) is 4.79 Å². The SMILES string of the molecule is Cc1cc(N(C)CCC#N)ccc1C=O. The maximum atomic E-state index is 10.6. The highest BCUT2D eigenvalue weighted by atomic mass is 16.1. The Morgan fingerprint density at radius 1 is 1.53 bits per heavy atom. The second-order valence-corrected chi connectivity index (χ2v) is 3.49. The number of rotatable bonds is 4. The normalized spacial score (nSPS) is 9.40. The smallest absolute Gasteiger partial charge is 0.150 e. The van der Waals surface area contributed by atoms with Gasteiger partial charge in [-0.05, 0) is 30.7 Å². The van der Waals surface area contributed by atoms with Crippen LogP contribution in [0.3, 0.4) is 0 Å². The van der Waals surface area contributed by atoms with E-state index in [1.54, 1.807) is 6.07 Å². The molecule has 0 unspecified atom stereocenters. The summed E-state index contributed by atoms with van der Waals surface area (Å²) >= 11 is 0. The first-order valence-electron chi connectivity index (χ1n) is 4.83. The molecule has 1 aromatic carbocycles. The molecule has 0 saturated carbocycles. The van der Waals surface area contributed by atoms with Gasteiger partial charge in [-0.2, -0.15) is 5.26 Å². The van der Waals surface area contributed by atoms with Crippen LogP contribution in [-0.4, -0.2) is 19.9 Å². The van der Waals surface area contributed by atoms with E-state index >= 15 is 0 Å². The first-order valence-corrected chi connectivity index (χ1v) is 4.83. The molecule has 0 atom stereocenters. The highest BCUT2D eigenvalue weighted by molar-refractivity contribution is 5.78. The van der Waals surface area contributed by atoms with Crippen molar-refractivity contribution in [2.45, 2.75) is 13.3 Å². The van der Waals surface area contributed by atoms with Gasteiger partial charge in [-0.1, -0.05) is 0 Å². The Morgan fingerprint density at radius 2 is 2.27 bits per heavy atom. The van der Waals surface area contributed by atoms with Crippen molar-refractivity contribution in [3.63, 3.8) is 0 Å². The van der Waals surface area contributed by atoms with Gasteiger partial charge in [-0.3, -0.25) is 4.79 Å². The number of aldehydes is 1. The number of carbonyl (C=O) groups excluding carboxylic acids is 1. The number of carbonyl (C=O) groups is 1. The summed E-state index contributed by atoms with van der Waals surface area (Å²) < 4.78 is 0. The molecule has 0 aliphatic heterocycles. The number of anilines is 1. The van der Waals surface area contributed by atoms with Crippen LogP contribution in [0.1, 0.15) is 22.3 Å². The molecule has 0 aromatic heterocycles. The van der Waals surface area contributed by atoms with Gasteiger partial charge >= 0.3 is 0 Å². The third-order valence-electron chi connectivity index (χ3n) is 2.38. The van der Waals surface area contributed by atoms with Gasteiger partial charge in [-0.15, -0.1) is 0 Å². The number of aryl methyl sites for hydroxylation is 1. The molecule has 0 saturated heterocycles. The number of hydrogen-bond acceptors (Lipinski definition) is 3. The van der Waals surface area contributed by atoms with Gasteiger partial charge < -0.3 is 4.90 Å². The zero-order valence-corrected chi connectivity index (χ0v) is 9.03. The standard InChI is InChI=1S/C12H14N2O/c1-10-8-12(5-4-11(10)9-15)14(2)7-3-6-13/h4-5,8-9H,3,7H2,1-2H3. The molecule has 0 N–H and O–H groups in total. The van der Waals surface area contributed by atoms with E-state index < -0.39 is 0 Å². The van der Waals surface area contributed by atoms with E-state index in [1.807, 2.05) is 31.0 Å². The van der Waals surface area contributed by atoms with Crippen LogP contribution in [0.25, 0.3) is 0 Å². The Kier molecular flexibility index (Phi) is 3.87. The Labute approximate surface area is 89.9 Å². The highest BCUT2D eigenvalue weighted by Gasteiger charge is 2.03. The average Bonchev–Trinajstić information content (AvgIpc) is 2.25. The van der Waals surface area contributed by atoms with Crippen LogP contribution >= 0.6 is 0 Å². The summed E-state index contributed by atoms with van der Waals surface area (Å²) in [6.45, 7) is 2.61. The van der Waals surface area contributed by atoms with Gasteiger partial charge in [0.1, 0.15) is 6.29 Å². The lowest BCUT2D eigenvalue weighted by atomic mass is 10.1. The molecule has 78 valence electrons. The third-order valence-corrected chi connectivity index (χ3v) is 2.38. The molecule has 0 heterocycles. The van der Waals surface area contributed by atoms with Crippen LogP contribution in [0, 0.1) is 18.3 Å². The molecule has 1 aromatic rings. The molecule has 15 heavy (non-hydrogen) atoms. The molecule has 1 rings (SSSR count). The van der Waals surface area contributed by atoms with Crippen LogP contribution in [0.4, 0.5) is 5.69 Å². The monoisotopic (exact) mass is 202 g/mol. The molecular weight excluding hydrogens is 188 g/mol. The minimum atomic E-state index is 0.505. The fourth-order valence-corrected chi connectivity index (χ4v) is 1.38. The van der Waals surface area contributed by atoms with Gasteiger partial charge in [0.2, 0.25) is 0 Å². The van der Waals surface area contributed by atoms with Crippen LogP contribution in [-0.2, 0) is 0 Å². The zero-order chi connectivity index (χ0) is 11.3. The molecule has 0 amide bonds. The van der Waals surface area contributed by atoms with Crippen molar-refractivity contribution in [3.8, 4) is 6.07 Å². The van der Waals surface area contributed by atoms with Gasteiger partial charge in [0.25, 0.3) is 0 Å². The van der Waals surface area contributed by atoms with Gasteiger partial charge in [0.15, 0.2) is 0 Å². The predicted molar refractivity (Wildman–Crippen MR) is 60.1 cm³/mol. The lowest BCUT2D eigenvalue weighted by Gasteiger charge is -2.18. The lowest BCUT2D eigenvalue weighted by Crippen LogP contribution is -2.18. The summed E-state index contributed by atoms with van der Waals surface area (Å²) in [5, 5.41) is 8.48. The topological polar surface area (TPSA) is 44.1 Å². The highest BCUT2D eigenvalue weighted by Crippen LogP contribution is 2.17. The quantitative estimate of drug-likeness (QED) is 0.703. The zero-order valence-electron chi connectivity index (χ0n) is 9.03. The Morgan fingerprint density at radius 3 is 2.80 bits per heavy atom. The van der Waals surface area contributed by atoms with E-state index in [0.717, 1.165) is 17.5 Å². The first-order chi connectivity index (χ1) is 7.19. The molecule has 0 radical (unpaired) electrons. The van der Waals surface area contributed by atoms with Crippen molar-refractivity contribution in [3.05, 3.63) is 29.3 Å². The van der Waals surface area contributed by atoms with Crippen LogP contribution < -0.4 is 4.90 Å². The minimum Gasteiger partial charge on any atom is -0.374 e. The summed E-state index contributed by atoms with van der Waals surface area (Å²) in [4.78, 5) is 12.6. The fourth-order valence-electron chi connectivity index (χ4n) is 1.38. The fraction of sp³-hybridized carbons (Fsp3) is 0.333. The second kappa shape index (κ2) is 5.16. The van der Waals surface area contributed by atoms with E-state index in [4.69, 9.17) is 5.26 Å². The summed E-state index contributed by atoms with van der Waals surface area (Å²) in [6, 6.07) is 7.77. The summed E-state index contributed by atoms with van der Waals surface area (Å²) in [5.41, 5.74) is 2.71. The molecule has 0 spiro atoms. The third kappa shape index (κ3) is 2.81. The number of hydrogen-bond donors (Lipinski definition) is 0. The maximum absolute atomic E-state index is 10.6. The lowest BCUT2D eigenvalue weighted by molar-refractivity contribution is 0.112. The summed E-state index contributed by atoms with van der Waals surface area (Å²) in [6.07, 6.45) is 1.36. The van der Waals surface area contributed by atoms with Gasteiger partial charge in [-0.25, -0.2) is 0 Å². The summed E-state index contributed by atoms with van der Waals surface area (Å²) in [5.74, 6) is 0. The van der Waals surface area contributed by atoms with Gasteiger partial charge in [0, 0.05) is 24.8 Å². The van der Waals surface area contributed by atoms with Crippen molar-refractivity contribution in [1.29, 1.82) is 5.26 Å². The van der Waals surface area contributed by atoms with Crippen molar-refractivity contribution >= 4 is 12.0 Å². The van der Waals surface area contributed by atoms with E-state index in [2.05, 4.69) is 6.07 Å². The first kappa shape index (κ1) is 11.3. The molecule has 0 bridgehead atoms. The Hall–Kier alpha value is -1.82. The second-order valence-electron chi connectivity index (χ2n) is 3.49. The molecule has 3 nitrogen and oxygen atoms in total. The van der Waals surface area contributed by atoms with Gasteiger partial charge in [0.05, 0.1) is 12.5 Å². The number of benzene rings is 1. The summed E-state index contributed by atoms with van der Waals surface area (Å²) in [7, 11) is 1.94. The largest absolute Gasteiger partial charge is 0.374 e. The number of nitriles is 1. The Bertz CT molecular complexity index is 393. The molecule has 0 aliphatic carbocycles. The van der Waals surface area contributed by atoms with Crippen LogP contribution in [0.5, 0.6) is 0 Å². The van der Waals surface area contributed by atoms with Crippen molar-refractivity contribution in [1.82, 2.24) is 0 Å². The minimum absolute atomic E-state index is 0.505. The Balaban J connectivity index is 2.83.